The zero-order valence-corrected chi connectivity index (χ0v) is 12.0. The van der Waals surface area contributed by atoms with Crippen LogP contribution in [0, 0.1) is 5.82 Å². The first-order valence-corrected chi connectivity index (χ1v) is 7.01. The molecule has 1 fully saturated rings. The Kier molecular flexibility index (Phi) is 4.41. The highest BCUT2D eigenvalue weighted by Gasteiger charge is 2.34. The number of rotatable bonds is 3. The number of aliphatic hydroxyl groups is 1. The van der Waals surface area contributed by atoms with Crippen molar-refractivity contribution in [3.05, 3.63) is 34.1 Å². The van der Waals surface area contributed by atoms with Crippen LogP contribution >= 0.6 is 15.9 Å². The summed E-state index contributed by atoms with van der Waals surface area (Å²) in [5.74, 6) is -0.274. The smallest absolute Gasteiger partial charge is 0.137 e. The minimum atomic E-state index is -0.726. The lowest BCUT2D eigenvalue weighted by molar-refractivity contribution is -0.0581. The van der Waals surface area contributed by atoms with Crippen LogP contribution in [0.4, 0.5) is 4.39 Å². The number of ether oxygens (including phenoxy) is 1. The Hall–Kier alpha value is -0.450. The molecule has 0 radical (unpaired) electrons. The van der Waals surface area contributed by atoms with Crippen LogP contribution in [-0.2, 0) is 11.2 Å². The van der Waals surface area contributed by atoms with E-state index in [0.717, 1.165) is 24.8 Å². The standard InChI is InChI=1S/C14H18BrFO2/c1-18-11-3-2-6-14(17,9-11)8-10-4-5-13(16)12(15)7-10/h4-5,7,11,17H,2-3,6,8-9H2,1H3. The van der Waals surface area contributed by atoms with Gasteiger partial charge in [0, 0.05) is 20.0 Å². The highest BCUT2D eigenvalue weighted by molar-refractivity contribution is 9.10. The molecule has 1 saturated carbocycles. The van der Waals surface area contributed by atoms with Crippen LogP contribution in [0.25, 0.3) is 0 Å². The molecule has 1 aliphatic rings. The summed E-state index contributed by atoms with van der Waals surface area (Å²) < 4.78 is 18.9. The average molecular weight is 317 g/mol. The number of halogens is 2. The summed E-state index contributed by atoms with van der Waals surface area (Å²) in [6, 6.07) is 4.90. The number of hydrogen-bond acceptors (Lipinski definition) is 2. The van der Waals surface area contributed by atoms with Gasteiger partial charge in [-0.2, -0.15) is 0 Å². The van der Waals surface area contributed by atoms with Crippen LogP contribution in [0.5, 0.6) is 0 Å². The molecule has 0 spiro atoms. The van der Waals surface area contributed by atoms with Crippen LogP contribution in [0.15, 0.2) is 22.7 Å². The van der Waals surface area contributed by atoms with E-state index in [2.05, 4.69) is 15.9 Å². The van der Waals surface area contributed by atoms with E-state index in [-0.39, 0.29) is 11.9 Å². The van der Waals surface area contributed by atoms with Gasteiger partial charge in [0.25, 0.3) is 0 Å². The topological polar surface area (TPSA) is 29.5 Å². The van der Waals surface area contributed by atoms with E-state index >= 15 is 0 Å². The van der Waals surface area contributed by atoms with Gasteiger partial charge in [-0.1, -0.05) is 6.07 Å². The minimum Gasteiger partial charge on any atom is -0.389 e. The number of methoxy groups -OCH3 is 1. The van der Waals surface area contributed by atoms with Crippen molar-refractivity contribution in [3.63, 3.8) is 0 Å². The lowest BCUT2D eigenvalue weighted by Crippen LogP contribution is -2.40. The van der Waals surface area contributed by atoms with Gasteiger partial charge in [-0.15, -0.1) is 0 Å². The third-order valence-corrected chi connectivity index (χ3v) is 4.23. The van der Waals surface area contributed by atoms with Crippen molar-refractivity contribution in [1.29, 1.82) is 0 Å². The van der Waals surface area contributed by atoms with Crippen molar-refractivity contribution >= 4 is 15.9 Å². The van der Waals surface area contributed by atoms with E-state index in [4.69, 9.17) is 4.74 Å². The lowest BCUT2D eigenvalue weighted by atomic mass is 9.79. The number of hydrogen-bond donors (Lipinski definition) is 1. The highest BCUT2D eigenvalue weighted by Crippen LogP contribution is 2.33. The molecule has 100 valence electrons. The van der Waals surface area contributed by atoms with Crippen molar-refractivity contribution < 1.29 is 14.2 Å². The fourth-order valence-corrected chi connectivity index (χ4v) is 3.10. The van der Waals surface area contributed by atoms with Crippen LogP contribution in [0.3, 0.4) is 0 Å². The zero-order chi connectivity index (χ0) is 13.2. The average Bonchev–Trinajstić information content (AvgIpc) is 2.33. The Balaban J connectivity index is 2.09. The van der Waals surface area contributed by atoms with Crippen molar-refractivity contribution in [1.82, 2.24) is 0 Å². The van der Waals surface area contributed by atoms with E-state index in [1.165, 1.54) is 6.07 Å². The van der Waals surface area contributed by atoms with E-state index in [1.807, 2.05) is 0 Å². The molecule has 0 amide bonds. The Bertz CT molecular complexity index is 424. The van der Waals surface area contributed by atoms with Gasteiger partial charge in [0.2, 0.25) is 0 Å². The van der Waals surface area contributed by atoms with E-state index in [9.17, 15) is 9.50 Å². The van der Waals surface area contributed by atoms with Gasteiger partial charge >= 0.3 is 0 Å². The summed E-state index contributed by atoms with van der Waals surface area (Å²) in [6.07, 6.45) is 4.09. The van der Waals surface area contributed by atoms with Crippen LogP contribution in [0.2, 0.25) is 0 Å². The Morgan fingerprint density at radius 1 is 1.56 bits per heavy atom. The molecule has 1 aromatic rings. The van der Waals surface area contributed by atoms with E-state index < -0.39 is 5.60 Å². The normalized spacial score (nSPS) is 28.3. The SMILES string of the molecule is COC1CCCC(O)(Cc2ccc(F)c(Br)c2)C1. The van der Waals surface area contributed by atoms with Gasteiger partial charge in [-0.3, -0.25) is 0 Å². The summed E-state index contributed by atoms with van der Waals surface area (Å²) >= 11 is 3.17. The molecule has 18 heavy (non-hydrogen) atoms. The summed E-state index contributed by atoms with van der Waals surface area (Å²) in [5.41, 5.74) is 0.221. The summed E-state index contributed by atoms with van der Waals surface area (Å²) in [6.45, 7) is 0. The van der Waals surface area contributed by atoms with Crippen LogP contribution in [0.1, 0.15) is 31.2 Å². The van der Waals surface area contributed by atoms with Gasteiger partial charge in [-0.05, 0) is 52.9 Å². The second-order valence-corrected chi connectivity index (χ2v) is 5.96. The van der Waals surface area contributed by atoms with Crippen LogP contribution < -0.4 is 0 Å². The maximum Gasteiger partial charge on any atom is 0.137 e. The van der Waals surface area contributed by atoms with Gasteiger partial charge < -0.3 is 9.84 Å². The molecule has 4 heteroatoms. The Morgan fingerprint density at radius 3 is 3.00 bits per heavy atom. The third-order valence-electron chi connectivity index (χ3n) is 3.63. The van der Waals surface area contributed by atoms with Crippen LogP contribution in [-0.4, -0.2) is 23.9 Å². The van der Waals surface area contributed by atoms with Gasteiger partial charge in [-0.25, -0.2) is 4.39 Å². The molecule has 0 saturated heterocycles. The number of benzene rings is 1. The van der Waals surface area contributed by atoms with Crippen molar-refractivity contribution in [3.8, 4) is 0 Å². The maximum atomic E-state index is 13.2. The van der Waals surface area contributed by atoms with Gasteiger partial charge in [0.05, 0.1) is 16.2 Å². The zero-order valence-electron chi connectivity index (χ0n) is 10.5. The molecular weight excluding hydrogens is 299 g/mol. The Morgan fingerprint density at radius 2 is 2.33 bits per heavy atom. The fraction of sp³-hybridized carbons (Fsp3) is 0.571. The largest absolute Gasteiger partial charge is 0.389 e. The second-order valence-electron chi connectivity index (χ2n) is 5.10. The van der Waals surface area contributed by atoms with E-state index in [1.54, 1.807) is 19.2 Å². The van der Waals surface area contributed by atoms with Crippen molar-refractivity contribution in [2.24, 2.45) is 0 Å². The molecule has 0 bridgehead atoms. The van der Waals surface area contributed by atoms with Gasteiger partial charge in [0.1, 0.15) is 5.82 Å². The molecule has 0 aromatic heterocycles. The predicted molar refractivity (Wildman–Crippen MR) is 72.0 cm³/mol. The third kappa shape index (κ3) is 3.31. The lowest BCUT2D eigenvalue weighted by Gasteiger charge is -2.36. The first-order valence-electron chi connectivity index (χ1n) is 6.21. The molecular formula is C14H18BrFO2. The van der Waals surface area contributed by atoms with Gasteiger partial charge in [0.15, 0.2) is 0 Å². The summed E-state index contributed by atoms with van der Waals surface area (Å²) in [7, 11) is 1.69. The first kappa shape index (κ1) is 14.0. The molecule has 0 aliphatic heterocycles. The molecule has 2 rings (SSSR count). The minimum absolute atomic E-state index is 0.132. The first-order chi connectivity index (χ1) is 8.52. The predicted octanol–water partition coefficient (Wildman–Crippen LogP) is 3.45. The molecule has 1 aliphatic carbocycles. The Labute approximate surface area is 115 Å². The summed E-state index contributed by atoms with van der Waals surface area (Å²) in [4.78, 5) is 0. The molecule has 1 N–H and O–H groups in total. The quantitative estimate of drug-likeness (QED) is 0.925. The molecule has 2 nitrogen and oxygen atoms in total. The molecule has 0 heterocycles. The second kappa shape index (κ2) is 5.68. The molecule has 1 aromatic carbocycles. The van der Waals surface area contributed by atoms with Crippen molar-refractivity contribution in [2.45, 2.75) is 43.8 Å². The fourth-order valence-electron chi connectivity index (χ4n) is 2.68. The maximum absolute atomic E-state index is 13.2. The monoisotopic (exact) mass is 316 g/mol. The van der Waals surface area contributed by atoms with E-state index in [0.29, 0.717) is 17.3 Å². The summed E-state index contributed by atoms with van der Waals surface area (Å²) in [5, 5.41) is 10.6. The van der Waals surface area contributed by atoms with Crippen molar-refractivity contribution in [2.75, 3.05) is 7.11 Å². The molecule has 2 atom stereocenters. The highest BCUT2D eigenvalue weighted by atomic mass is 79.9. The molecule has 2 unspecified atom stereocenters.